The highest BCUT2D eigenvalue weighted by Crippen LogP contribution is 2.22. The van der Waals surface area contributed by atoms with Gasteiger partial charge in [-0.15, -0.1) is 0 Å². The fraction of sp³-hybridized carbons (Fsp3) is 0.0345. The summed E-state index contributed by atoms with van der Waals surface area (Å²) in [5, 5.41) is 10.9. The van der Waals surface area contributed by atoms with Gasteiger partial charge in [0.25, 0.3) is 5.91 Å². The third-order valence-corrected chi connectivity index (χ3v) is 5.61. The van der Waals surface area contributed by atoms with Crippen molar-refractivity contribution in [2.24, 2.45) is 0 Å². The Balaban J connectivity index is 1.36. The molecular formula is C29H21N3O4. The van der Waals surface area contributed by atoms with Crippen molar-refractivity contribution in [3.8, 4) is 0 Å². The highest BCUT2D eigenvalue weighted by atomic mass is 16.4. The predicted octanol–water partition coefficient (Wildman–Crippen LogP) is 5.48. The number of ketones is 1. The van der Waals surface area contributed by atoms with Crippen molar-refractivity contribution in [1.29, 1.82) is 0 Å². The molecule has 5 rings (SSSR count). The summed E-state index contributed by atoms with van der Waals surface area (Å²) in [6.45, 7) is 1.70. The second kappa shape index (κ2) is 9.68. The van der Waals surface area contributed by atoms with Gasteiger partial charge in [0.1, 0.15) is 0 Å². The Morgan fingerprint density at radius 3 is 2.50 bits per heavy atom. The monoisotopic (exact) mass is 475 g/mol. The van der Waals surface area contributed by atoms with Crippen LogP contribution in [-0.2, 0) is 0 Å². The molecule has 0 saturated heterocycles. The molecule has 1 amide bonds. The zero-order valence-corrected chi connectivity index (χ0v) is 19.3. The van der Waals surface area contributed by atoms with E-state index in [1.165, 1.54) is 12.1 Å². The van der Waals surface area contributed by atoms with Crippen molar-refractivity contribution in [1.82, 2.24) is 10.2 Å². The van der Waals surface area contributed by atoms with Crippen LogP contribution in [0.2, 0.25) is 0 Å². The number of carbonyl (C=O) groups is 2. The first kappa shape index (κ1) is 22.7. The van der Waals surface area contributed by atoms with Crippen molar-refractivity contribution < 1.29 is 14.0 Å². The molecule has 7 nitrogen and oxygen atoms in total. The molecule has 0 radical (unpaired) electrons. The number of aromatic nitrogens is 2. The topological polar surface area (TPSA) is 105 Å². The van der Waals surface area contributed by atoms with Gasteiger partial charge in [0, 0.05) is 28.3 Å². The van der Waals surface area contributed by atoms with E-state index >= 15 is 0 Å². The zero-order chi connectivity index (χ0) is 25.1. The van der Waals surface area contributed by atoms with Crippen LogP contribution in [0.15, 0.2) is 94.1 Å². The van der Waals surface area contributed by atoms with E-state index < -0.39 is 11.5 Å². The zero-order valence-electron chi connectivity index (χ0n) is 19.3. The Morgan fingerprint density at radius 1 is 0.889 bits per heavy atom. The molecule has 176 valence electrons. The van der Waals surface area contributed by atoms with Crippen molar-refractivity contribution in [2.45, 2.75) is 6.92 Å². The van der Waals surface area contributed by atoms with Gasteiger partial charge < -0.3 is 9.73 Å². The van der Waals surface area contributed by atoms with Gasteiger partial charge in [0.2, 0.25) is 0 Å². The number of amides is 1. The normalized spacial score (nSPS) is 11.1. The molecule has 2 N–H and O–H groups in total. The lowest BCUT2D eigenvalue weighted by Gasteiger charge is -2.07. The number of aromatic amines is 1. The smallest absolute Gasteiger partial charge is 0.336 e. The molecule has 0 unspecified atom stereocenters. The van der Waals surface area contributed by atoms with E-state index in [-0.39, 0.29) is 11.5 Å². The molecule has 36 heavy (non-hydrogen) atoms. The Morgan fingerprint density at radius 2 is 1.69 bits per heavy atom. The van der Waals surface area contributed by atoms with E-state index in [0.717, 1.165) is 22.2 Å². The largest absolute Gasteiger partial charge is 0.417 e. The minimum Gasteiger partial charge on any atom is -0.417 e. The Bertz CT molecular complexity index is 1680. The van der Waals surface area contributed by atoms with E-state index in [9.17, 15) is 14.4 Å². The van der Waals surface area contributed by atoms with Gasteiger partial charge in [-0.3, -0.25) is 14.7 Å². The third kappa shape index (κ3) is 4.90. The number of hydrogen-bond acceptors (Lipinski definition) is 5. The molecule has 0 atom stereocenters. The number of rotatable bonds is 6. The number of hydrogen-bond donors (Lipinski definition) is 2. The third-order valence-electron chi connectivity index (χ3n) is 5.61. The number of benzene rings is 3. The standard InChI is InChI=1S/C29H21N3O4/c1-18-14-26(36-27(33)15-18)29(35)30-22-9-5-8-20(16-22)28(34)21-11-12-23-24(31-32-25(23)17-21)13-10-19-6-3-2-4-7-19/h2-17H,1H3,(H,30,35)(H,31,32)/b13-10+. The maximum atomic E-state index is 13.2. The summed E-state index contributed by atoms with van der Waals surface area (Å²) < 4.78 is 4.98. The molecule has 5 aromatic rings. The summed E-state index contributed by atoms with van der Waals surface area (Å²) in [4.78, 5) is 37.3. The second-order valence-electron chi connectivity index (χ2n) is 8.30. The molecule has 0 aliphatic rings. The molecular weight excluding hydrogens is 454 g/mol. The molecule has 0 saturated carbocycles. The summed E-state index contributed by atoms with van der Waals surface area (Å²) in [7, 11) is 0. The van der Waals surface area contributed by atoms with Gasteiger partial charge in [-0.25, -0.2) is 4.79 Å². The van der Waals surface area contributed by atoms with Crippen LogP contribution >= 0.6 is 0 Å². The molecule has 2 aromatic heterocycles. The summed E-state index contributed by atoms with van der Waals surface area (Å²) in [5.74, 6) is -0.875. The minimum atomic E-state index is -0.600. The average Bonchev–Trinajstić information content (AvgIpc) is 3.29. The van der Waals surface area contributed by atoms with Crippen LogP contribution in [0.5, 0.6) is 0 Å². The lowest BCUT2D eigenvalue weighted by Crippen LogP contribution is -2.15. The van der Waals surface area contributed by atoms with Crippen LogP contribution in [0.3, 0.4) is 0 Å². The molecule has 0 bridgehead atoms. The van der Waals surface area contributed by atoms with Gasteiger partial charge in [-0.1, -0.05) is 54.6 Å². The number of nitrogens with zero attached hydrogens (tertiary/aromatic N) is 1. The number of nitrogens with one attached hydrogen (secondary N) is 2. The second-order valence-corrected chi connectivity index (χ2v) is 8.30. The Hall–Kier alpha value is -5.04. The van der Waals surface area contributed by atoms with E-state index in [1.54, 1.807) is 43.3 Å². The summed E-state index contributed by atoms with van der Waals surface area (Å²) in [5.41, 5.74) is 3.90. The van der Waals surface area contributed by atoms with E-state index in [4.69, 9.17) is 4.42 Å². The van der Waals surface area contributed by atoms with Crippen LogP contribution in [0.4, 0.5) is 5.69 Å². The summed E-state index contributed by atoms with van der Waals surface area (Å²) in [6, 6.07) is 24.7. The lowest BCUT2D eigenvalue weighted by atomic mass is 10.0. The van der Waals surface area contributed by atoms with Crippen molar-refractivity contribution in [2.75, 3.05) is 5.32 Å². The van der Waals surface area contributed by atoms with Crippen molar-refractivity contribution in [3.05, 3.63) is 129 Å². The lowest BCUT2D eigenvalue weighted by molar-refractivity contribution is 0.0990. The highest BCUT2D eigenvalue weighted by molar-refractivity contribution is 6.11. The number of carbonyl (C=O) groups excluding carboxylic acids is 2. The number of aryl methyl sites for hydroxylation is 1. The molecule has 0 spiro atoms. The first-order valence-corrected chi connectivity index (χ1v) is 11.3. The van der Waals surface area contributed by atoms with Gasteiger partial charge in [0.05, 0.1) is 11.2 Å². The maximum Gasteiger partial charge on any atom is 0.336 e. The molecule has 7 heteroatoms. The van der Waals surface area contributed by atoms with Crippen LogP contribution < -0.4 is 10.9 Å². The fourth-order valence-electron chi connectivity index (χ4n) is 3.86. The molecule has 0 aliphatic carbocycles. The first-order chi connectivity index (χ1) is 17.5. The predicted molar refractivity (Wildman–Crippen MR) is 139 cm³/mol. The molecule has 0 fully saturated rings. The highest BCUT2D eigenvalue weighted by Gasteiger charge is 2.15. The average molecular weight is 476 g/mol. The molecule has 0 aliphatic heterocycles. The van der Waals surface area contributed by atoms with Gasteiger partial charge in [-0.05, 0) is 54.5 Å². The fourth-order valence-corrected chi connectivity index (χ4v) is 3.86. The maximum absolute atomic E-state index is 13.2. The summed E-state index contributed by atoms with van der Waals surface area (Å²) in [6.07, 6.45) is 3.91. The minimum absolute atomic E-state index is 0.0986. The first-order valence-electron chi connectivity index (χ1n) is 11.3. The number of anilines is 1. The van der Waals surface area contributed by atoms with Crippen LogP contribution in [-0.4, -0.2) is 21.9 Å². The number of fused-ring (bicyclic) bond motifs is 1. The quantitative estimate of drug-likeness (QED) is 0.317. The van der Waals surface area contributed by atoms with Crippen molar-refractivity contribution in [3.63, 3.8) is 0 Å². The van der Waals surface area contributed by atoms with Crippen LogP contribution in [0, 0.1) is 6.92 Å². The Kier molecular flexibility index (Phi) is 6.11. The van der Waals surface area contributed by atoms with Crippen LogP contribution in [0.25, 0.3) is 23.1 Å². The number of H-pyrrole nitrogens is 1. The van der Waals surface area contributed by atoms with E-state index in [0.29, 0.717) is 22.4 Å². The SMILES string of the molecule is Cc1cc(C(=O)Nc2cccc(C(=O)c3ccc4c(/C=C/c5ccccc5)n[nH]c4c3)c2)oc(=O)c1. The van der Waals surface area contributed by atoms with E-state index in [2.05, 4.69) is 15.5 Å². The van der Waals surface area contributed by atoms with E-state index in [1.807, 2.05) is 48.6 Å². The Labute approximate surface area is 206 Å². The van der Waals surface area contributed by atoms with Gasteiger partial charge in [-0.2, -0.15) is 5.10 Å². The van der Waals surface area contributed by atoms with Crippen molar-refractivity contribution >= 4 is 40.4 Å². The van der Waals surface area contributed by atoms with Gasteiger partial charge in [0.15, 0.2) is 11.5 Å². The molecule has 2 heterocycles. The molecule has 3 aromatic carbocycles. The summed E-state index contributed by atoms with van der Waals surface area (Å²) >= 11 is 0. The van der Waals surface area contributed by atoms with Gasteiger partial charge >= 0.3 is 5.63 Å². The van der Waals surface area contributed by atoms with Crippen LogP contribution in [0.1, 0.15) is 43.3 Å².